The van der Waals surface area contributed by atoms with Gasteiger partial charge < -0.3 is 9.80 Å². The molecule has 2 heterocycles. The van der Waals surface area contributed by atoms with E-state index in [1.165, 1.54) is 4.90 Å². The van der Waals surface area contributed by atoms with E-state index in [0.717, 1.165) is 25.1 Å². The molecule has 1 aromatic rings. The highest BCUT2D eigenvalue weighted by atomic mass is 35.5. The third kappa shape index (κ3) is 4.37. The van der Waals surface area contributed by atoms with E-state index in [-0.39, 0.29) is 11.9 Å². The average molecular weight is 370 g/mol. The van der Waals surface area contributed by atoms with Crippen molar-refractivity contribution in [3.05, 3.63) is 40.9 Å². The summed E-state index contributed by atoms with van der Waals surface area (Å²) in [6.07, 6.45) is 4.11. The number of hydrogen-bond acceptors (Lipinski definition) is 3. The summed E-state index contributed by atoms with van der Waals surface area (Å²) in [5.74, 6) is 0.602. The van der Waals surface area contributed by atoms with E-state index in [4.69, 9.17) is 11.6 Å². The number of rotatable bonds is 3. The topological polar surface area (TPSA) is 58.9 Å². The number of amides is 1. The van der Waals surface area contributed by atoms with Gasteiger partial charge in [0.05, 0.1) is 31.9 Å². The van der Waals surface area contributed by atoms with Gasteiger partial charge in [0.1, 0.15) is 11.8 Å². The number of halogens is 1. The average Bonchev–Trinajstić information content (AvgIpc) is 2.93. The van der Waals surface area contributed by atoms with Crippen molar-refractivity contribution in [1.82, 2.24) is 4.90 Å². The molecule has 1 aromatic carbocycles. The second kappa shape index (κ2) is 7.25. The van der Waals surface area contributed by atoms with Crippen molar-refractivity contribution < 1.29 is 18.1 Å². The maximum atomic E-state index is 12.3. The number of quaternary nitrogens is 1. The Kier molecular flexibility index (Phi) is 5.27. The first-order chi connectivity index (χ1) is 11.4. The second-order valence-corrected chi connectivity index (χ2v) is 9.14. The molecule has 0 bridgehead atoms. The summed E-state index contributed by atoms with van der Waals surface area (Å²) in [4.78, 5) is 15.4. The molecule has 0 spiro atoms. The lowest BCUT2D eigenvalue weighted by atomic mass is 10.2. The Labute approximate surface area is 147 Å². The van der Waals surface area contributed by atoms with Crippen LogP contribution in [-0.2, 0) is 14.6 Å². The van der Waals surface area contributed by atoms with E-state index in [1.807, 2.05) is 23.1 Å². The Bertz CT molecular complexity index is 740. The van der Waals surface area contributed by atoms with Crippen LogP contribution in [0, 0.1) is 0 Å². The lowest BCUT2D eigenvalue weighted by Gasteiger charge is -2.34. The van der Waals surface area contributed by atoms with E-state index in [2.05, 4.69) is 0 Å². The number of benzene rings is 1. The lowest BCUT2D eigenvalue weighted by molar-refractivity contribution is -0.925. The Morgan fingerprint density at radius 2 is 2.04 bits per heavy atom. The fraction of sp³-hybridized carbons (Fsp3) is 0.471. The Morgan fingerprint density at radius 3 is 2.67 bits per heavy atom. The minimum absolute atomic E-state index is 0.00642. The van der Waals surface area contributed by atoms with Gasteiger partial charge in [0.15, 0.2) is 9.84 Å². The van der Waals surface area contributed by atoms with Crippen LogP contribution >= 0.6 is 11.6 Å². The van der Waals surface area contributed by atoms with Crippen molar-refractivity contribution in [2.24, 2.45) is 0 Å². The van der Waals surface area contributed by atoms with Crippen LogP contribution in [0.15, 0.2) is 30.3 Å². The van der Waals surface area contributed by atoms with Crippen molar-refractivity contribution in [2.45, 2.75) is 12.5 Å². The zero-order chi connectivity index (χ0) is 17.2. The van der Waals surface area contributed by atoms with E-state index in [0.29, 0.717) is 29.6 Å². The first kappa shape index (κ1) is 17.5. The van der Waals surface area contributed by atoms with E-state index in [9.17, 15) is 13.2 Å². The second-order valence-electron chi connectivity index (χ2n) is 6.47. The first-order valence-electron chi connectivity index (χ1n) is 8.20. The fourth-order valence-corrected chi connectivity index (χ4v) is 5.45. The maximum Gasteiger partial charge on any atom is 0.246 e. The third-order valence-electron chi connectivity index (χ3n) is 4.79. The fourth-order valence-electron chi connectivity index (χ4n) is 3.42. The number of nitrogens with zero attached hydrogens (tertiary/aromatic N) is 1. The zero-order valence-electron chi connectivity index (χ0n) is 13.4. The SMILES string of the molecule is O=C(/C=C/c1cccc(Cl)c1)N1CC[NH+]([C@@H]2CCS(=O)(=O)C2)CC1. The predicted molar refractivity (Wildman–Crippen MR) is 94.8 cm³/mol. The van der Waals surface area contributed by atoms with Crippen molar-refractivity contribution >= 4 is 33.4 Å². The normalized spacial score (nSPS) is 24.5. The van der Waals surface area contributed by atoms with Gasteiger partial charge >= 0.3 is 0 Å². The summed E-state index contributed by atoms with van der Waals surface area (Å²) >= 11 is 5.93. The van der Waals surface area contributed by atoms with Gasteiger partial charge in [-0.15, -0.1) is 0 Å². The van der Waals surface area contributed by atoms with Crippen molar-refractivity contribution in [1.29, 1.82) is 0 Å². The first-order valence-corrected chi connectivity index (χ1v) is 10.4. The quantitative estimate of drug-likeness (QED) is 0.778. The molecule has 1 N–H and O–H groups in total. The molecule has 5 nitrogen and oxygen atoms in total. The van der Waals surface area contributed by atoms with Crippen LogP contribution in [0.2, 0.25) is 5.02 Å². The molecule has 2 fully saturated rings. The molecule has 0 aromatic heterocycles. The molecule has 0 aliphatic carbocycles. The molecular formula is C17H22ClN2O3S+. The van der Waals surface area contributed by atoms with Crippen LogP contribution in [0.4, 0.5) is 0 Å². The van der Waals surface area contributed by atoms with E-state index >= 15 is 0 Å². The standard InChI is InChI=1S/C17H21ClN2O3S/c18-15-3-1-2-14(12-15)4-5-17(21)20-9-7-19(8-10-20)16-6-11-24(22,23)13-16/h1-5,12,16H,6-11,13H2/p+1/b5-4+/t16-/m1/s1. The summed E-state index contributed by atoms with van der Waals surface area (Å²) in [6.45, 7) is 2.98. The zero-order valence-corrected chi connectivity index (χ0v) is 15.0. The Hall–Kier alpha value is -1.37. The summed E-state index contributed by atoms with van der Waals surface area (Å²) in [5.41, 5.74) is 0.899. The van der Waals surface area contributed by atoms with Crippen molar-refractivity contribution in [3.8, 4) is 0 Å². The Balaban J connectivity index is 1.52. The number of hydrogen-bond donors (Lipinski definition) is 1. The minimum atomic E-state index is -2.84. The number of nitrogens with one attached hydrogen (secondary N) is 1. The highest BCUT2D eigenvalue weighted by molar-refractivity contribution is 7.91. The van der Waals surface area contributed by atoms with Crippen molar-refractivity contribution in [3.63, 3.8) is 0 Å². The molecule has 3 rings (SSSR count). The predicted octanol–water partition coefficient (Wildman–Crippen LogP) is 0.267. The number of carbonyl (C=O) groups is 1. The highest BCUT2D eigenvalue weighted by Crippen LogP contribution is 2.12. The van der Waals surface area contributed by atoms with Gasteiger partial charge in [-0.05, 0) is 23.8 Å². The van der Waals surface area contributed by atoms with E-state index < -0.39 is 9.84 Å². The molecule has 130 valence electrons. The highest BCUT2D eigenvalue weighted by Gasteiger charge is 2.37. The van der Waals surface area contributed by atoms with Gasteiger partial charge in [0.2, 0.25) is 5.91 Å². The molecule has 2 aliphatic heterocycles. The Morgan fingerprint density at radius 1 is 1.29 bits per heavy atom. The largest absolute Gasteiger partial charge is 0.329 e. The van der Waals surface area contributed by atoms with Gasteiger partial charge in [-0.25, -0.2) is 8.42 Å². The molecule has 0 radical (unpaired) electrons. The minimum Gasteiger partial charge on any atom is -0.329 e. The molecule has 7 heteroatoms. The number of sulfone groups is 1. The molecule has 24 heavy (non-hydrogen) atoms. The smallest absolute Gasteiger partial charge is 0.246 e. The van der Waals surface area contributed by atoms with Crippen LogP contribution in [0.1, 0.15) is 12.0 Å². The van der Waals surface area contributed by atoms with Crippen LogP contribution < -0.4 is 4.90 Å². The number of piperazine rings is 1. The van der Waals surface area contributed by atoms with Crippen LogP contribution in [0.25, 0.3) is 6.08 Å². The molecule has 2 aliphatic rings. The molecule has 1 amide bonds. The summed E-state index contributed by atoms with van der Waals surface area (Å²) in [6, 6.07) is 7.57. The molecule has 2 saturated heterocycles. The lowest BCUT2D eigenvalue weighted by Crippen LogP contribution is -3.18. The van der Waals surface area contributed by atoms with Gasteiger partial charge in [0, 0.05) is 17.5 Å². The molecule has 0 saturated carbocycles. The summed E-state index contributed by atoms with van der Waals surface area (Å²) in [5, 5.41) is 0.647. The van der Waals surface area contributed by atoms with Crippen molar-refractivity contribution in [2.75, 3.05) is 37.7 Å². The number of carbonyl (C=O) groups excluding carboxylic acids is 1. The van der Waals surface area contributed by atoms with Gasteiger partial charge in [0.25, 0.3) is 0 Å². The van der Waals surface area contributed by atoms with E-state index in [1.54, 1.807) is 18.2 Å². The monoisotopic (exact) mass is 369 g/mol. The van der Waals surface area contributed by atoms with Crippen LogP contribution in [0.5, 0.6) is 0 Å². The summed E-state index contributed by atoms with van der Waals surface area (Å²) in [7, 11) is -2.84. The van der Waals surface area contributed by atoms with Gasteiger partial charge in [-0.3, -0.25) is 4.79 Å². The molecular weight excluding hydrogens is 348 g/mol. The molecule has 1 atom stereocenters. The maximum absolute atomic E-state index is 12.3. The van der Waals surface area contributed by atoms with Gasteiger partial charge in [-0.2, -0.15) is 0 Å². The summed E-state index contributed by atoms with van der Waals surface area (Å²) < 4.78 is 23.2. The van der Waals surface area contributed by atoms with Crippen LogP contribution in [0.3, 0.4) is 0 Å². The van der Waals surface area contributed by atoms with Crippen LogP contribution in [-0.4, -0.2) is 63.0 Å². The van der Waals surface area contributed by atoms with Gasteiger partial charge in [-0.1, -0.05) is 23.7 Å². The third-order valence-corrected chi connectivity index (χ3v) is 6.80. The molecule has 0 unspecified atom stereocenters.